The van der Waals surface area contributed by atoms with Gasteiger partial charge in [0.15, 0.2) is 0 Å². The fraction of sp³-hybridized carbons (Fsp3) is 0.214. The van der Waals surface area contributed by atoms with E-state index in [2.05, 4.69) is 16.0 Å². The van der Waals surface area contributed by atoms with Crippen molar-refractivity contribution >= 4 is 11.4 Å². The molecule has 1 aromatic heterocycles. The normalized spacial score (nSPS) is 10.2. The number of aromatic nitrogens is 1. The lowest BCUT2D eigenvalue weighted by Gasteiger charge is -2.21. The van der Waals surface area contributed by atoms with Crippen molar-refractivity contribution in [1.29, 1.82) is 0 Å². The number of benzene rings is 1. The van der Waals surface area contributed by atoms with E-state index >= 15 is 0 Å². The lowest BCUT2D eigenvalue weighted by molar-refractivity contribution is 0.916. The molecule has 0 aliphatic carbocycles. The zero-order chi connectivity index (χ0) is 12.3. The molecule has 0 saturated heterocycles. The fourth-order valence-corrected chi connectivity index (χ4v) is 1.85. The zero-order valence-corrected chi connectivity index (χ0v) is 10.2. The van der Waals surface area contributed by atoms with Gasteiger partial charge in [0.25, 0.3) is 0 Å². The highest BCUT2D eigenvalue weighted by molar-refractivity contribution is 5.70. The van der Waals surface area contributed by atoms with E-state index in [9.17, 15) is 0 Å². The Kier molecular flexibility index (Phi) is 3.28. The number of aryl methyl sites for hydroxylation is 1. The Morgan fingerprint density at radius 1 is 1.24 bits per heavy atom. The van der Waals surface area contributed by atoms with E-state index in [4.69, 9.17) is 5.73 Å². The van der Waals surface area contributed by atoms with Gasteiger partial charge < -0.3 is 10.6 Å². The van der Waals surface area contributed by atoms with E-state index in [1.165, 1.54) is 5.56 Å². The summed E-state index contributed by atoms with van der Waals surface area (Å²) in [5.41, 5.74) is 10.3. The molecular weight excluding hydrogens is 210 g/mol. The first-order chi connectivity index (χ1) is 8.18. The molecule has 0 amide bonds. The maximum Gasteiger partial charge on any atom is 0.0603 e. The molecule has 0 radical (unpaired) electrons. The SMILES string of the molecule is Cc1cccc(N(C)Cc2cccnc2)c1N. The van der Waals surface area contributed by atoms with Gasteiger partial charge in [-0.15, -0.1) is 0 Å². The van der Waals surface area contributed by atoms with Crippen LogP contribution < -0.4 is 10.6 Å². The second-order valence-electron chi connectivity index (χ2n) is 4.23. The quantitative estimate of drug-likeness (QED) is 0.819. The number of rotatable bonds is 3. The number of anilines is 2. The highest BCUT2D eigenvalue weighted by Gasteiger charge is 2.07. The minimum Gasteiger partial charge on any atom is -0.397 e. The van der Waals surface area contributed by atoms with Crippen molar-refractivity contribution in [2.24, 2.45) is 0 Å². The smallest absolute Gasteiger partial charge is 0.0603 e. The maximum absolute atomic E-state index is 6.08. The summed E-state index contributed by atoms with van der Waals surface area (Å²) >= 11 is 0. The van der Waals surface area contributed by atoms with Gasteiger partial charge in [0.05, 0.1) is 11.4 Å². The third-order valence-electron chi connectivity index (χ3n) is 2.85. The van der Waals surface area contributed by atoms with Crippen molar-refractivity contribution in [2.45, 2.75) is 13.5 Å². The first kappa shape index (κ1) is 11.5. The monoisotopic (exact) mass is 227 g/mol. The molecule has 88 valence electrons. The topological polar surface area (TPSA) is 42.2 Å². The van der Waals surface area contributed by atoms with Gasteiger partial charge in [-0.05, 0) is 30.2 Å². The molecule has 0 saturated carbocycles. The minimum atomic E-state index is 0.807. The average Bonchev–Trinajstić information content (AvgIpc) is 2.34. The number of nitrogens with zero attached hydrogens (tertiary/aromatic N) is 2. The zero-order valence-electron chi connectivity index (χ0n) is 10.2. The lowest BCUT2D eigenvalue weighted by Crippen LogP contribution is -2.18. The largest absolute Gasteiger partial charge is 0.397 e. The molecule has 1 aromatic carbocycles. The number of nitrogens with two attached hydrogens (primary N) is 1. The molecule has 3 nitrogen and oxygen atoms in total. The van der Waals surface area contributed by atoms with Crippen LogP contribution in [0.25, 0.3) is 0 Å². The molecule has 1 heterocycles. The van der Waals surface area contributed by atoms with E-state index in [0.29, 0.717) is 0 Å². The van der Waals surface area contributed by atoms with Gasteiger partial charge in [0.2, 0.25) is 0 Å². The molecule has 0 aliphatic rings. The van der Waals surface area contributed by atoms with Crippen LogP contribution in [-0.2, 0) is 6.54 Å². The van der Waals surface area contributed by atoms with E-state index < -0.39 is 0 Å². The molecular formula is C14H17N3. The van der Waals surface area contributed by atoms with Crippen LogP contribution in [0.2, 0.25) is 0 Å². The van der Waals surface area contributed by atoms with Gasteiger partial charge in [0, 0.05) is 26.0 Å². The number of pyridine rings is 1. The first-order valence-electron chi connectivity index (χ1n) is 5.63. The Morgan fingerprint density at radius 3 is 2.76 bits per heavy atom. The summed E-state index contributed by atoms with van der Waals surface area (Å²) in [5.74, 6) is 0. The Labute approximate surface area is 102 Å². The molecule has 0 aliphatic heterocycles. The third kappa shape index (κ3) is 2.56. The summed E-state index contributed by atoms with van der Waals surface area (Å²) in [6.07, 6.45) is 3.66. The molecule has 0 fully saturated rings. The molecule has 0 spiro atoms. The second kappa shape index (κ2) is 4.87. The summed E-state index contributed by atoms with van der Waals surface area (Å²) in [6, 6.07) is 10.1. The van der Waals surface area contributed by atoms with Crippen LogP contribution in [0, 0.1) is 6.92 Å². The summed E-state index contributed by atoms with van der Waals surface area (Å²) < 4.78 is 0. The second-order valence-corrected chi connectivity index (χ2v) is 4.23. The Bertz CT molecular complexity index is 494. The number of hydrogen-bond donors (Lipinski definition) is 1. The fourth-order valence-electron chi connectivity index (χ4n) is 1.85. The van der Waals surface area contributed by atoms with E-state index in [0.717, 1.165) is 23.5 Å². The van der Waals surface area contributed by atoms with Crippen LogP contribution in [0.4, 0.5) is 11.4 Å². The van der Waals surface area contributed by atoms with Crippen LogP contribution in [0.15, 0.2) is 42.7 Å². The highest BCUT2D eigenvalue weighted by Crippen LogP contribution is 2.26. The molecule has 0 bridgehead atoms. The molecule has 0 atom stereocenters. The highest BCUT2D eigenvalue weighted by atomic mass is 15.1. The van der Waals surface area contributed by atoms with Crippen LogP contribution in [0.5, 0.6) is 0 Å². The van der Waals surface area contributed by atoms with Crippen molar-refractivity contribution in [1.82, 2.24) is 4.98 Å². The van der Waals surface area contributed by atoms with Gasteiger partial charge in [-0.1, -0.05) is 18.2 Å². The van der Waals surface area contributed by atoms with E-state index in [1.807, 2.05) is 44.4 Å². The van der Waals surface area contributed by atoms with Gasteiger partial charge in [0.1, 0.15) is 0 Å². The van der Waals surface area contributed by atoms with Crippen LogP contribution in [-0.4, -0.2) is 12.0 Å². The van der Waals surface area contributed by atoms with Crippen LogP contribution >= 0.6 is 0 Å². The van der Waals surface area contributed by atoms with Crippen LogP contribution in [0.1, 0.15) is 11.1 Å². The number of para-hydroxylation sites is 1. The predicted octanol–water partition coefficient (Wildman–Crippen LogP) is 2.61. The predicted molar refractivity (Wildman–Crippen MR) is 71.9 cm³/mol. The molecule has 2 N–H and O–H groups in total. The lowest BCUT2D eigenvalue weighted by atomic mass is 10.1. The summed E-state index contributed by atoms with van der Waals surface area (Å²) in [5, 5.41) is 0. The molecule has 3 heteroatoms. The van der Waals surface area contributed by atoms with Crippen molar-refractivity contribution in [3.8, 4) is 0 Å². The Balaban J connectivity index is 2.20. The first-order valence-corrected chi connectivity index (χ1v) is 5.63. The minimum absolute atomic E-state index is 0.807. The average molecular weight is 227 g/mol. The van der Waals surface area contributed by atoms with Gasteiger partial charge in [-0.3, -0.25) is 4.98 Å². The molecule has 2 aromatic rings. The van der Waals surface area contributed by atoms with Crippen molar-refractivity contribution < 1.29 is 0 Å². The van der Waals surface area contributed by atoms with Crippen molar-refractivity contribution in [3.63, 3.8) is 0 Å². The molecule has 0 unspecified atom stereocenters. The Morgan fingerprint density at radius 2 is 2.06 bits per heavy atom. The van der Waals surface area contributed by atoms with Gasteiger partial charge >= 0.3 is 0 Å². The van der Waals surface area contributed by atoms with E-state index in [-0.39, 0.29) is 0 Å². The number of nitrogen functional groups attached to an aromatic ring is 1. The van der Waals surface area contributed by atoms with E-state index in [1.54, 1.807) is 6.20 Å². The standard InChI is InChI=1S/C14H17N3/c1-11-5-3-7-13(14(11)15)17(2)10-12-6-4-8-16-9-12/h3-9H,10,15H2,1-2H3. The van der Waals surface area contributed by atoms with Gasteiger partial charge in [-0.25, -0.2) is 0 Å². The van der Waals surface area contributed by atoms with Crippen molar-refractivity contribution in [2.75, 3.05) is 17.7 Å². The van der Waals surface area contributed by atoms with Gasteiger partial charge in [-0.2, -0.15) is 0 Å². The summed E-state index contributed by atoms with van der Waals surface area (Å²) in [4.78, 5) is 6.25. The van der Waals surface area contributed by atoms with Crippen molar-refractivity contribution in [3.05, 3.63) is 53.9 Å². The molecule has 2 rings (SSSR count). The molecule has 17 heavy (non-hydrogen) atoms. The summed E-state index contributed by atoms with van der Waals surface area (Å²) in [7, 11) is 2.04. The number of hydrogen-bond acceptors (Lipinski definition) is 3. The third-order valence-corrected chi connectivity index (χ3v) is 2.85. The summed E-state index contributed by atoms with van der Waals surface area (Å²) in [6.45, 7) is 2.83. The Hall–Kier alpha value is -2.03. The maximum atomic E-state index is 6.08. The van der Waals surface area contributed by atoms with Crippen LogP contribution in [0.3, 0.4) is 0 Å².